The predicted octanol–water partition coefficient (Wildman–Crippen LogP) is 7.83. The van der Waals surface area contributed by atoms with Crippen LogP contribution >= 0.6 is 0 Å². The van der Waals surface area contributed by atoms with Crippen LogP contribution in [0.25, 0.3) is 5.57 Å². The molecule has 0 saturated carbocycles. The molecule has 0 bridgehead atoms. The van der Waals surface area contributed by atoms with E-state index in [9.17, 15) is 8.78 Å². The number of benzene rings is 2. The van der Waals surface area contributed by atoms with E-state index in [0.29, 0.717) is 11.5 Å². The van der Waals surface area contributed by atoms with Gasteiger partial charge in [0, 0.05) is 5.56 Å². The highest BCUT2D eigenvalue weighted by atomic mass is 19.2. The number of halogens is 2. The number of unbranched alkanes of at least 4 members (excludes halogenated alkanes) is 4. The zero-order chi connectivity index (χ0) is 19.1. The SMILES string of the molecule is CCCCCCCc1ccc(C2CC=C(c3cccc(F)c3F)CC2)cc1. The molecule has 1 aliphatic carbocycles. The van der Waals surface area contributed by atoms with Gasteiger partial charge in [-0.05, 0) is 60.8 Å². The monoisotopic (exact) mass is 368 g/mol. The molecule has 0 radical (unpaired) electrons. The van der Waals surface area contributed by atoms with Crippen LogP contribution in [0.2, 0.25) is 0 Å². The van der Waals surface area contributed by atoms with Gasteiger partial charge in [0.25, 0.3) is 0 Å². The number of allylic oxidation sites excluding steroid dienone is 2. The van der Waals surface area contributed by atoms with E-state index in [2.05, 4.69) is 37.3 Å². The van der Waals surface area contributed by atoms with Crippen molar-refractivity contribution in [1.29, 1.82) is 0 Å². The van der Waals surface area contributed by atoms with Crippen LogP contribution in [0, 0.1) is 11.6 Å². The molecule has 1 unspecified atom stereocenters. The molecule has 0 aliphatic heterocycles. The van der Waals surface area contributed by atoms with Crippen LogP contribution < -0.4 is 0 Å². The van der Waals surface area contributed by atoms with Gasteiger partial charge in [0.15, 0.2) is 11.6 Å². The van der Waals surface area contributed by atoms with E-state index in [1.165, 1.54) is 49.3 Å². The molecule has 0 N–H and O–H groups in total. The van der Waals surface area contributed by atoms with Gasteiger partial charge in [-0.25, -0.2) is 8.78 Å². The van der Waals surface area contributed by atoms with E-state index >= 15 is 0 Å². The Morgan fingerprint density at radius 2 is 1.70 bits per heavy atom. The highest BCUT2D eigenvalue weighted by Crippen LogP contribution is 2.37. The van der Waals surface area contributed by atoms with Crippen molar-refractivity contribution in [3.63, 3.8) is 0 Å². The summed E-state index contributed by atoms with van der Waals surface area (Å²) in [5, 5.41) is 0. The van der Waals surface area contributed by atoms with E-state index in [1.807, 2.05) is 0 Å². The van der Waals surface area contributed by atoms with Crippen LogP contribution in [0.15, 0.2) is 48.5 Å². The van der Waals surface area contributed by atoms with Gasteiger partial charge in [0.2, 0.25) is 0 Å². The first-order valence-corrected chi connectivity index (χ1v) is 10.4. The molecule has 0 nitrogen and oxygen atoms in total. The molecular weight excluding hydrogens is 338 g/mol. The maximum atomic E-state index is 14.0. The lowest BCUT2D eigenvalue weighted by Gasteiger charge is -2.23. The summed E-state index contributed by atoms with van der Waals surface area (Å²) in [5.74, 6) is -1.00. The van der Waals surface area contributed by atoms with Gasteiger partial charge >= 0.3 is 0 Å². The number of rotatable bonds is 8. The van der Waals surface area contributed by atoms with Crippen molar-refractivity contribution in [3.05, 3.63) is 76.9 Å². The Hall–Kier alpha value is -1.96. The van der Waals surface area contributed by atoms with E-state index < -0.39 is 11.6 Å². The van der Waals surface area contributed by atoms with E-state index in [4.69, 9.17) is 0 Å². The molecule has 1 atom stereocenters. The Morgan fingerprint density at radius 3 is 2.41 bits per heavy atom. The third kappa shape index (κ3) is 5.28. The van der Waals surface area contributed by atoms with Gasteiger partial charge < -0.3 is 0 Å². The topological polar surface area (TPSA) is 0 Å². The summed E-state index contributed by atoms with van der Waals surface area (Å²) in [6.07, 6.45) is 12.5. The van der Waals surface area contributed by atoms with Gasteiger partial charge in [0.05, 0.1) is 0 Å². The van der Waals surface area contributed by atoms with Crippen molar-refractivity contribution in [2.45, 2.75) is 70.6 Å². The number of hydrogen-bond donors (Lipinski definition) is 0. The number of aryl methyl sites for hydroxylation is 1. The second-order valence-electron chi connectivity index (χ2n) is 7.71. The summed E-state index contributed by atoms with van der Waals surface area (Å²) in [6.45, 7) is 2.25. The first-order valence-electron chi connectivity index (χ1n) is 10.4. The Balaban J connectivity index is 1.56. The predicted molar refractivity (Wildman–Crippen MR) is 110 cm³/mol. The highest BCUT2D eigenvalue weighted by molar-refractivity contribution is 5.67. The maximum Gasteiger partial charge on any atom is 0.166 e. The first-order chi connectivity index (χ1) is 13.2. The second kappa shape index (κ2) is 9.82. The summed E-state index contributed by atoms with van der Waals surface area (Å²) in [4.78, 5) is 0. The van der Waals surface area contributed by atoms with Gasteiger partial charge in [-0.15, -0.1) is 0 Å². The van der Waals surface area contributed by atoms with Crippen LogP contribution in [0.1, 0.15) is 80.9 Å². The van der Waals surface area contributed by atoms with Crippen molar-refractivity contribution >= 4 is 5.57 Å². The lowest BCUT2D eigenvalue weighted by Crippen LogP contribution is -2.05. The fourth-order valence-electron chi connectivity index (χ4n) is 4.02. The van der Waals surface area contributed by atoms with Crippen molar-refractivity contribution in [3.8, 4) is 0 Å². The Morgan fingerprint density at radius 1 is 0.926 bits per heavy atom. The fourth-order valence-corrected chi connectivity index (χ4v) is 4.02. The number of hydrogen-bond acceptors (Lipinski definition) is 0. The summed E-state index contributed by atoms with van der Waals surface area (Å²) in [7, 11) is 0. The Bertz CT molecular complexity index is 758. The third-order valence-electron chi connectivity index (χ3n) is 5.73. The molecule has 0 saturated heterocycles. The molecule has 2 heteroatoms. The summed E-state index contributed by atoms with van der Waals surface area (Å²) >= 11 is 0. The molecule has 27 heavy (non-hydrogen) atoms. The molecule has 0 heterocycles. The summed E-state index contributed by atoms with van der Waals surface area (Å²) < 4.78 is 27.5. The van der Waals surface area contributed by atoms with Crippen LogP contribution in [0.5, 0.6) is 0 Å². The average molecular weight is 369 g/mol. The smallest absolute Gasteiger partial charge is 0.166 e. The maximum absolute atomic E-state index is 14.0. The Kier molecular flexibility index (Phi) is 7.20. The van der Waals surface area contributed by atoms with Crippen LogP contribution in [0.4, 0.5) is 8.78 Å². The third-order valence-corrected chi connectivity index (χ3v) is 5.73. The molecule has 0 fully saturated rings. The van der Waals surface area contributed by atoms with E-state index in [0.717, 1.165) is 31.3 Å². The van der Waals surface area contributed by atoms with Crippen LogP contribution in [0.3, 0.4) is 0 Å². The molecule has 3 rings (SSSR count). The van der Waals surface area contributed by atoms with Gasteiger partial charge in [-0.2, -0.15) is 0 Å². The molecule has 0 aromatic heterocycles. The first kappa shape index (κ1) is 19.8. The molecule has 0 spiro atoms. The molecule has 1 aliphatic rings. The molecular formula is C25H30F2. The van der Waals surface area contributed by atoms with Crippen molar-refractivity contribution in [2.75, 3.05) is 0 Å². The standard InChI is InChI=1S/C25H30F2/c1-2-3-4-5-6-8-19-11-13-20(14-12-19)21-15-17-22(18-16-21)23-9-7-10-24(26)25(23)27/h7,9-14,17,21H,2-6,8,15-16,18H2,1H3. The van der Waals surface area contributed by atoms with Crippen LogP contribution in [-0.2, 0) is 6.42 Å². The summed E-state index contributed by atoms with van der Waals surface area (Å²) in [6, 6.07) is 13.5. The van der Waals surface area contributed by atoms with Crippen molar-refractivity contribution in [1.82, 2.24) is 0 Å². The van der Waals surface area contributed by atoms with Crippen molar-refractivity contribution in [2.24, 2.45) is 0 Å². The summed E-state index contributed by atoms with van der Waals surface area (Å²) in [5.41, 5.74) is 4.14. The van der Waals surface area contributed by atoms with Gasteiger partial charge in [-0.3, -0.25) is 0 Å². The van der Waals surface area contributed by atoms with Gasteiger partial charge in [-0.1, -0.05) is 75.1 Å². The lowest BCUT2D eigenvalue weighted by molar-refractivity contribution is 0.505. The fraction of sp³-hybridized carbons (Fsp3) is 0.440. The normalized spacial score (nSPS) is 17.0. The molecule has 2 aromatic carbocycles. The minimum Gasteiger partial charge on any atom is -0.204 e. The molecule has 144 valence electrons. The quantitative estimate of drug-likeness (QED) is 0.416. The minimum atomic E-state index is -0.763. The Labute approximate surface area is 162 Å². The second-order valence-corrected chi connectivity index (χ2v) is 7.71. The van der Waals surface area contributed by atoms with Crippen molar-refractivity contribution < 1.29 is 8.78 Å². The largest absolute Gasteiger partial charge is 0.204 e. The molecule has 2 aromatic rings. The zero-order valence-electron chi connectivity index (χ0n) is 16.3. The highest BCUT2D eigenvalue weighted by Gasteiger charge is 2.19. The minimum absolute atomic E-state index is 0.423. The lowest BCUT2D eigenvalue weighted by atomic mass is 9.82. The molecule has 0 amide bonds. The van der Waals surface area contributed by atoms with E-state index in [1.54, 1.807) is 12.1 Å². The average Bonchev–Trinajstić information content (AvgIpc) is 2.71. The zero-order valence-corrected chi connectivity index (χ0v) is 16.3. The van der Waals surface area contributed by atoms with Gasteiger partial charge in [0.1, 0.15) is 0 Å². The van der Waals surface area contributed by atoms with E-state index in [-0.39, 0.29) is 0 Å². The van der Waals surface area contributed by atoms with Crippen LogP contribution in [-0.4, -0.2) is 0 Å².